The number of aliphatic hydroxyl groups is 1. The van der Waals surface area contributed by atoms with E-state index in [1.54, 1.807) is 20.8 Å². The molecule has 0 unspecified atom stereocenters. The molecule has 0 aromatic heterocycles. The Balaban J connectivity index is 1.54. The fraction of sp³-hybridized carbons (Fsp3) is 0.407. The van der Waals surface area contributed by atoms with E-state index in [4.69, 9.17) is 14.2 Å². The Morgan fingerprint density at radius 3 is 1.92 bits per heavy atom. The second-order valence-electron chi connectivity index (χ2n) is 9.80. The third-order valence-electron chi connectivity index (χ3n) is 5.64. The molecule has 0 spiro atoms. The van der Waals surface area contributed by atoms with Gasteiger partial charge in [-0.3, -0.25) is 0 Å². The lowest BCUT2D eigenvalue weighted by Crippen LogP contribution is -2.51. The number of benzene rings is 2. The number of hydrogen-bond acceptors (Lipinski definition) is 8. The lowest BCUT2D eigenvalue weighted by Gasteiger charge is -2.24. The summed E-state index contributed by atoms with van der Waals surface area (Å²) in [6.45, 7) is 7.49. The Morgan fingerprint density at radius 2 is 1.41 bits per heavy atom. The minimum Gasteiger partial charge on any atom is -0.449 e. The minimum atomic E-state index is -1.56. The highest BCUT2D eigenvalue weighted by Crippen LogP contribution is 2.44. The van der Waals surface area contributed by atoms with Gasteiger partial charge in [0.15, 0.2) is 6.04 Å². The molecule has 2 aromatic rings. The first kappa shape index (κ1) is 27.7. The van der Waals surface area contributed by atoms with Crippen LogP contribution in [0.5, 0.6) is 0 Å². The standard InChI is InChI=1S/C27H32N2O8/c1-15(23(31)36-24(32)22(16(2)30)29-26(34)37-27(3,4)5)28-25(33)35-14-21-19-12-8-6-10-17(19)18-11-7-9-13-20(18)21/h6-13,15-16,21-22,30H,14H2,1-5H3,(H,28,33)(H,29,34)/t15-,16+,22-/m0/s1. The van der Waals surface area contributed by atoms with Crippen LogP contribution in [-0.4, -0.2) is 59.6 Å². The van der Waals surface area contributed by atoms with Crippen LogP contribution in [0.15, 0.2) is 48.5 Å². The SMILES string of the molecule is C[C@H](NC(=O)OCC1c2ccccc2-c2ccccc21)C(=O)OC(=O)[C@@H](NC(=O)OC(C)(C)C)[C@@H](C)O. The van der Waals surface area contributed by atoms with Crippen molar-refractivity contribution in [2.24, 2.45) is 0 Å². The van der Waals surface area contributed by atoms with Crippen molar-refractivity contribution < 1.29 is 38.5 Å². The van der Waals surface area contributed by atoms with Gasteiger partial charge in [-0.1, -0.05) is 48.5 Å². The van der Waals surface area contributed by atoms with Gasteiger partial charge >= 0.3 is 24.1 Å². The van der Waals surface area contributed by atoms with Crippen LogP contribution in [0.25, 0.3) is 11.1 Å². The number of esters is 2. The number of nitrogens with one attached hydrogen (secondary N) is 2. The van der Waals surface area contributed by atoms with Crippen LogP contribution in [0.3, 0.4) is 0 Å². The minimum absolute atomic E-state index is 0.0461. The summed E-state index contributed by atoms with van der Waals surface area (Å²) in [5, 5.41) is 14.4. The van der Waals surface area contributed by atoms with Crippen molar-refractivity contribution in [2.75, 3.05) is 6.61 Å². The Bertz CT molecular complexity index is 1130. The largest absolute Gasteiger partial charge is 0.449 e. The average molecular weight is 513 g/mol. The normalized spacial score (nSPS) is 14.9. The van der Waals surface area contributed by atoms with Gasteiger partial charge in [0, 0.05) is 5.92 Å². The highest BCUT2D eigenvalue weighted by molar-refractivity contribution is 5.93. The molecule has 0 radical (unpaired) electrons. The van der Waals surface area contributed by atoms with Gasteiger partial charge in [-0.2, -0.15) is 0 Å². The van der Waals surface area contributed by atoms with E-state index < -0.39 is 47.9 Å². The number of fused-ring (bicyclic) bond motifs is 3. The van der Waals surface area contributed by atoms with E-state index in [1.807, 2.05) is 48.5 Å². The molecule has 1 aliphatic carbocycles. The molecule has 2 aromatic carbocycles. The summed E-state index contributed by atoms with van der Waals surface area (Å²) >= 11 is 0. The molecule has 0 heterocycles. The molecule has 10 heteroatoms. The summed E-state index contributed by atoms with van der Waals surface area (Å²) in [6, 6.07) is 12.9. The van der Waals surface area contributed by atoms with Crippen LogP contribution in [0.2, 0.25) is 0 Å². The predicted octanol–water partition coefficient (Wildman–Crippen LogP) is 3.26. The van der Waals surface area contributed by atoms with Gasteiger partial charge < -0.3 is 30.0 Å². The number of carbonyl (C=O) groups is 4. The van der Waals surface area contributed by atoms with Gasteiger partial charge in [-0.05, 0) is 56.9 Å². The number of alkyl carbamates (subject to hydrolysis) is 2. The zero-order chi connectivity index (χ0) is 27.3. The molecule has 0 saturated carbocycles. The molecule has 0 aliphatic heterocycles. The first-order valence-electron chi connectivity index (χ1n) is 11.9. The summed E-state index contributed by atoms with van der Waals surface area (Å²) in [5.74, 6) is -2.45. The van der Waals surface area contributed by atoms with Crippen molar-refractivity contribution in [3.8, 4) is 11.1 Å². The van der Waals surface area contributed by atoms with E-state index >= 15 is 0 Å². The fourth-order valence-corrected chi connectivity index (χ4v) is 3.94. The van der Waals surface area contributed by atoms with Gasteiger partial charge in [0.2, 0.25) is 0 Å². The van der Waals surface area contributed by atoms with Crippen molar-refractivity contribution in [3.63, 3.8) is 0 Å². The van der Waals surface area contributed by atoms with Crippen molar-refractivity contribution in [1.82, 2.24) is 10.6 Å². The van der Waals surface area contributed by atoms with Crippen molar-refractivity contribution in [3.05, 3.63) is 59.7 Å². The second kappa shape index (κ2) is 11.4. The summed E-state index contributed by atoms with van der Waals surface area (Å²) in [6.07, 6.45) is -3.21. The van der Waals surface area contributed by atoms with Crippen LogP contribution in [0.1, 0.15) is 51.7 Å². The Kier molecular flexibility index (Phi) is 8.54. The lowest BCUT2D eigenvalue weighted by atomic mass is 9.98. The van der Waals surface area contributed by atoms with E-state index in [2.05, 4.69) is 10.6 Å². The van der Waals surface area contributed by atoms with Gasteiger partial charge in [0.05, 0.1) is 6.10 Å². The summed E-state index contributed by atoms with van der Waals surface area (Å²) in [5.41, 5.74) is 3.40. The van der Waals surface area contributed by atoms with Gasteiger partial charge in [0.25, 0.3) is 0 Å². The smallest absolute Gasteiger partial charge is 0.408 e. The number of ether oxygens (including phenoxy) is 3. The maximum Gasteiger partial charge on any atom is 0.408 e. The molecular formula is C27H32N2O8. The summed E-state index contributed by atoms with van der Waals surface area (Å²) < 4.78 is 15.2. The maximum atomic E-state index is 12.4. The highest BCUT2D eigenvalue weighted by atomic mass is 16.6. The van der Waals surface area contributed by atoms with E-state index in [0.29, 0.717) is 0 Å². The third kappa shape index (κ3) is 7.07. The number of rotatable bonds is 7. The average Bonchev–Trinajstić information content (AvgIpc) is 3.13. The van der Waals surface area contributed by atoms with E-state index in [1.165, 1.54) is 13.8 Å². The molecule has 0 saturated heterocycles. The van der Waals surface area contributed by atoms with Crippen molar-refractivity contribution in [1.29, 1.82) is 0 Å². The van der Waals surface area contributed by atoms with Crippen LogP contribution in [0.4, 0.5) is 9.59 Å². The van der Waals surface area contributed by atoms with Crippen molar-refractivity contribution in [2.45, 2.75) is 64.3 Å². The highest BCUT2D eigenvalue weighted by Gasteiger charge is 2.33. The molecule has 10 nitrogen and oxygen atoms in total. The Hall–Kier alpha value is -3.92. The fourth-order valence-electron chi connectivity index (χ4n) is 3.94. The van der Waals surface area contributed by atoms with E-state index in [-0.39, 0.29) is 12.5 Å². The molecular weight excluding hydrogens is 480 g/mol. The summed E-state index contributed by atoms with van der Waals surface area (Å²) in [4.78, 5) is 49.2. The molecule has 2 amide bonds. The van der Waals surface area contributed by atoms with E-state index in [9.17, 15) is 24.3 Å². The second-order valence-corrected chi connectivity index (χ2v) is 9.80. The Labute approximate surface area is 215 Å². The molecule has 37 heavy (non-hydrogen) atoms. The molecule has 0 bridgehead atoms. The zero-order valence-corrected chi connectivity index (χ0v) is 21.4. The van der Waals surface area contributed by atoms with E-state index in [0.717, 1.165) is 22.3 Å². The first-order valence-corrected chi connectivity index (χ1v) is 11.9. The number of amides is 2. The summed E-state index contributed by atoms with van der Waals surface area (Å²) in [7, 11) is 0. The van der Waals surface area contributed by atoms with Crippen LogP contribution < -0.4 is 10.6 Å². The van der Waals surface area contributed by atoms with Crippen LogP contribution in [0, 0.1) is 0 Å². The monoisotopic (exact) mass is 512 g/mol. The lowest BCUT2D eigenvalue weighted by molar-refractivity contribution is -0.164. The van der Waals surface area contributed by atoms with Crippen LogP contribution in [-0.2, 0) is 23.8 Å². The molecule has 1 aliphatic rings. The van der Waals surface area contributed by atoms with Gasteiger partial charge in [-0.15, -0.1) is 0 Å². The predicted molar refractivity (Wildman–Crippen MR) is 134 cm³/mol. The number of carbonyl (C=O) groups excluding carboxylic acids is 4. The third-order valence-corrected chi connectivity index (χ3v) is 5.64. The molecule has 3 atom stereocenters. The topological polar surface area (TPSA) is 140 Å². The number of aliphatic hydroxyl groups excluding tert-OH is 1. The maximum absolute atomic E-state index is 12.4. The van der Waals surface area contributed by atoms with Gasteiger partial charge in [-0.25, -0.2) is 19.2 Å². The first-order chi connectivity index (χ1) is 17.4. The molecule has 0 fully saturated rings. The van der Waals surface area contributed by atoms with Crippen molar-refractivity contribution >= 4 is 24.1 Å². The molecule has 198 valence electrons. The molecule has 3 rings (SSSR count). The van der Waals surface area contributed by atoms with Crippen LogP contribution >= 0.6 is 0 Å². The Morgan fingerprint density at radius 1 is 0.865 bits per heavy atom. The zero-order valence-electron chi connectivity index (χ0n) is 21.4. The quantitative estimate of drug-likeness (QED) is 0.292. The van der Waals surface area contributed by atoms with Gasteiger partial charge in [0.1, 0.15) is 18.2 Å². The molecule has 3 N–H and O–H groups in total. The number of hydrogen-bond donors (Lipinski definition) is 3.